The van der Waals surface area contributed by atoms with Gasteiger partial charge in [0, 0.05) is 16.5 Å². The number of esters is 4. The van der Waals surface area contributed by atoms with E-state index < -0.39 is 103 Å². The minimum absolute atomic E-state index is 0.223. The van der Waals surface area contributed by atoms with Crippen LogP contribution in [0.2, 0.25) is 0 Å². The summed E-state index contributed by atoms with van der Waals surface area (Å²) in [5, 5.41) is 3.91. The van der Waals surface area contributed by atoms with Crippen LogP contribution in [0.4, 0.5) is 0 Å². The van der Waals surface area contributed by atoms with Crippen LogP contribution in [-0.4, -0.2) is 112 Å². The fourth-order valence-corrected chi connectivity index (χ4v) is 10.4. The molecule has 0 spiro atoms. The number of amides is 3. The Bertz CT molecular complexity index is 1880. The van der Waals surface area contributed by atoms with Gasteiger partial charge in [0.05, 0.1) is 24.2 Å². The number of carbonyl (C=O) groups excluding carboxylic acids is 7. The first-order valence-corrected chi connectivity index (χ1v) is 19.1. The van der Waals surface area contributed by atoms with Crippen molar-refractivity contribution in [2.75, 3.05) is 13.9 Å². The Hall–Kier alpha value is -4.65. The number of carbonyl (C=O) groups is 7. The summed E-state index contributed by atoms with van der Waals surface area (Å²) in [5.41, 5.74) is 0.694. The molecule has 19 heteroatoms. The lowest BCUT2D eigenvalue weighted by molar-refractivity contribution is -0.181. The summed E-state index contributed by atoms with van der Waals surface area (Å²) in [6, 6.07) is 1.40. The van der Waals surface area contributed by atoms with Gasteiger partial charge in [-0.15, -0.1) is 11.8 Å². The molecule has 2 N–H and O–H groups in total. The number of nitrogens with one attached hydrogen (secondary N) is 2. The fourth-order valence-electron chi connectivity index (χ4n) is 6.64. The van der Waals surface area contributed by atoms with Gasteiger partial charge in [-0.05, 0) is 52.3 Å². The Morgan fingerprint density at radius 3 is 2.15 bits per heavy atom. The second-order valence-electron chi connectivity index (χ2n) is 14.4. The smallest absolute Gasteiger partial charge is 0.333 e. The fraction of sp³-hybridized carbons (Fsp3) is 0.559. The summed E-state index contributed by atoms with van der Waals surface area (Å²) in [4.78, 5) is 91.9. The van der Waals surface area contributed by atoms with Crippen LogP contribution >= 0.6 is 11.8 Å². The Morgan fingerprint density at radius 2 is 1.58 bits per heavy atom. The quantitative estimate of drug-likeness (QED) is 0.0980. The van der Waals surface area contributed by atoms with Crippen molar-refractivity contribution < 1.29 is 60.9 Å². The van der Waals surface area contributed by atoms with Crippen LogP contribution in [0.1, 0.15) is 66.5 Å². The Balaban J connectivity index is 1.24. The maximum atomic E-state index is 13.8. The minimum Gasteiger partial charge on any atom is -0.466 e. The maximum Gasteiger partial charge on any atom is 0.333 e. The molecule has 3 amide bonds. The van der Waals surface area contributed by atoms with Crippen LogP contribution < -0.4 is 15.4 Å². The zero-order valence-electron chi connectivity index (χ0n) is 30.4. The number of ether oxygens (including phenoxy) is 4. The zero-order chi connectivity index (χ0) is 39.4. The molecule has 6 atom stereocenters. The van der Waals surface area contributed by atoms with E-state index in [4.69, 9.17) is 14.2 Å². The third kappa shape index (κ3) is 7.07. The molecule has 5 rings (SSSR count). The summed E-state index contributed by atoms with van der Waals surface area (Å²) in [7, 11) is -2.65. The van der Waals surface area contributed by atoms with E-state index in [1.54, 1.807) is 46.8 Å². The molecule has 4 fully saturated rings. The van der Waals surface area contributed by atoms with E-state index in [-0.39, 0.29) is 23.8 Å². The summed E-state index contributed by atoms with van der Waals surface area (Å²) in [6.45, 7) is 10.1. The van der Waals surface area contributed by atoms with Gasteiger partial charge in [-0.1, -0.05) is 26.0 Å². The molecule has 53 heavy (non-hydrogen) atoms. The van der Waals surface area contributed by atoms with Gasteiger partial charge in [0.2, 0.25) is 24.5 Å². The normalized spacial score (nSPS) is 26.7. The third-order valence-electron chi connectivity index (χ3n) is 9.64. The molecule has 0 aliphatic carbocycles. The van der Waals surface area contributed by atoms with Gasteiger partial charge in [-0.25, -0.2) is 22.8 Å². The number of rotatable bonds is 12. The van der Waals surface area contributed by atoms with Crippen molar-refractivity contribution in [1.29, 1.82) is 0 Å². The van der Waals surface area contributed by atoms with Crippen LogP contribution in [0.15, 0.2) is 36.0 Å². The number of hydrogen-bond donors (Lipinski definition) is 2. The number of hydrogen-bond acceptors (Lipinski definition) is 15. The zero-order valence-corrected chi connectivity index (χ0v) is 32.0. The first kappa shape index (κ1) is 39.6. The van der Waals surface area contributed by atoms with Gasteiger partial charge in [-0.3, -0.25) is 19.2 Å². The first-order valence-electron chi connectivity index (χ1n) is 16.7. The molecule has 288 valence electrons. The molecule has 4 heterocycles. The molecule has 4 aliphatic heterocycles. The molecular weight excluding hydrogens is 737 g/mol. The number of benzene rings is 1. The number of thioether (sulfide) groups is 1. The molecule has 1 unspecified atom stereocenters. The van der Waals surface area contributed by atoms with Crippen molar-refractivity contribution in [2.24, 2.45) is 5.92 Å². The molecular formula is C34H42N4O13S2. The van der Waals surface area contributed by atoms with E-state index in [0.29, 0.717) is 5.56 Å². The maximum absolute atomic E-state index is 13.8. The molecule has 1 aromatic carbocycles. The lowest BCUT2D eigenvalue weighted by atomic mass is 9.95. The van der Waals surface area contributed by atoms with Crippen molar-refractivity contribution in [3.63, 3.8) is 0 Å². The predicted octanol–water partition coefficient (Wildman–Crippen LogP) is 0.681. The Morgan fingerprint density at radius 1 is 0.981 bits per heavy atom. The van der Waals surface area contributed by atoms with Crippen molar-refractivity contribution >= 4 is 63.2 Å². The predicted molar refractivity (Wildman–Crippen MR) is 186 cm³/mol. The molecule has 0 saturated carbocycles. The van der Waals surface area contributed by atoms with Crippen molar-refractivity contribution in [3.05, 3.63) is 41.6 Å². The molecule has 0 aromatic heterocycles. The van der Waals surface area contributed by atoms with Gasteiger partial charge in [0.15, 0.2) is 9.84 Å². The number of nitrogens with zero attached hydrogens (tertiary/aromatic N) is 2. The van der Waals surface area contributed by atoms with Crippen LogP contribution in [-0.2, 0) is 57.6 Å². The van der Waals surface area contributed by atoms with Gasteiger partial charge >= 0.3 is 23.9 Å². The van der Waals surface area contributed by atoms with Crippen LogP contribution in [0.3, 0.4) is 0 Å². The van der Waals surface area contributed by atoms with E-state index in [0.717, 1.165) is 11.0 Å². The molecule has 4 aliphatic rings. The lowest BCUT2D eigenvalue weighted by Crippen LogP contribution is -2.71. The average molecular weight is 779 g/mol. The molecule has 4 saturated heterocycles. The Labute approximate surface area is 310 Å². The average Bonchev–Trinajstić information content (AvgIpc) is 3.40. The van der Waals surface area contributed by atoms with Crippen LogP contribution in [0, 0.1) is 5.92 Å². The van der Waals surface area contributed by atoms with Crippen molar-refractivity contribution in [2.45, 2.75) is 99.3 Å². The van der Waals surface area contributed by atoms with E-state index >= 15 is 0 Å². The van der Waals surface area contributed by atoms with E-state index in [9.17, 15) is 42.0 Å². The summed E-state index contributed by atoms with van der Waals surface area (Å²) in [6.07, 6.45) is 0.925. The number of methoxy groups -OCH3 is 1. The minimum atomic E-state index is -3.85. The van der Waals surface area contributed by atoms with Gasteiger partial charge < -0.3 is 39.4 Å². The van der Waals surface area contributed by atoms with Crippen molar-refractivity contribution in [3.8, 4) is 5.75 Å². The third-order valence-corrected chi connectivity index (χ3v) is 14.0. The SMILES string of the molecule is COC(=O)C=C(C)NC(C(=O)N[C@@H]1C(=O)N2[C@@H]1SC(C)(C)[C@@H]2C(=O)OCOC(=O)[C@@H]1N2C(=O)C[C@H]2S(=O)(=O)C1(C)C)c1ccc(OC(=O)C(C)C)cc1. The highest BCUT2D eigenvalue weighted by Gasteiger charge is 2.68. The molecule has 0 radical (unpaired) electrons. The van der Waals surface area contributed by atoms with E-state index in [1.165, 1.54) is 49.8 Å². The topological polar surface area (TPSA) is 221 Å². The second-order valence-corrected chi connectivity index (χ2v) is 18.8. The molecule has 0 bridgehead atoms. The molecule has 17 nitrogen and oxygen atoms in total. The highest BCUT2D eigenvalue weighted by atomic mass is 32.2. The summed E-state index contributed by atoms with van der Waals surface area (Å²) >= 11 is 1.25. The van der Waals surface area contributed by atoms with Crippen LogP contribution in [0.25, 0.3) is 0 Å². The largest absolute Gasteiger partial charge is 0.466 e. The standard InChI is InChI=1S/C34H42N4O13S2/c1-16(2)30(43)51-19-11-9-18(10-12-19)23(35-17(3)13-22(40)48-8)27(41)36-24-28(42)38-25(33(4,5)52-29(24)38)31(44)49-15-50-32(45)26-34(6,7)53(46,47)21-14-20(39)37(21)26/h9-13,16,21,23-26,29,35H,14-15H2,1-8H3,(H,36,41)/t21-,23?,24-,25+,26+,29-/m1/s1. The summed E-state index contributed by atoms with van der Waals surface area (Å²) in [5.74, 6) is -4.87. The van der Waals surface area contributed by atoms with Crippen LogP contribution in [0.5, 0.6) is 5.75 Å². The monoisotopic (exact) mass is 778 g/mol. The van der Waals surface area contributed by atoms with Gasteiger partial charge in [-0.2, -0.15) is 0 Å². The van der Waals surface area contributed by atoms with Gasteiger partial charge in [0.25, 0.3) is 0 Å². The van der Waals surface area contributed by atoms with E-state index in [1.807, 2.05) is 0 Å². The highest BCUT2D eigenvalue weighted by Crippen LogP contribution is 2.51. The number of β-lactam (4-membered cyclic amide) rings is 2. The number of allylic oxidation sites excluding steroid dienone is 1. The lowest BCUT2D eigenvalue weighted by Gasteiger charge is -2.44. The number of sulfone groups is 1. The first-order chi connectivity index (χ1) is 24.6. The van der Waals surface area contributed by atoms with Gasteiger partial charge in [0.1, 0.15) is 40.7 Å². The molecule has 1 aromatic rings. The number of fused-ring (bicyclic) bond motifs is 2. The highest BCUT2D eigenvalue weighted by molar-refractivity contribution is 8.01. The second kappa shape index (κ2) is 14.3. The van der Waals surface area contributed by atoms with E-state index in [2.05, 4.69) is 15.4 Å². The Kier molecular flexibility index (Phi) is 10.7. The summed E-state index contributed by atoms with van der Waals surface area (Å²) < 4.78 is 43.5. The van der Waals surface area contributed by atoms with Crippen molar-refractivity contribution in [1.82, 2.24) is 20.4 Å².